The first kappa shape index (κ1) is 21.0. The van der Waals surface area contributed by atoms with E-state index in [1.807, 2.05) is 13.0 Å². The number of hydrogen-bond donors (Lipinski definition) is 1. The van der Waals surface area contributed by atoms with Gasteiger partial charge in [-0.15, -0.1) is 0 Å². The molecular formula is C28H29FN2. The van der Waals surface area contributed by atoms with Gasteiger partial charge in [-0.3, -0.25) is 4.99 Å². The number of nitrogens with one attached hydrogen (secondary N) is 1. The molecule has 0 radical (unpaired) electrons. The van der Waals surface area contributed by atoms with Crippen molar-refractivity contribution >= 4 is 16.6 Å². The number of hydrogen-bond acceptors (Lipinski definition) is 1. The number of aryl methyl sites for hydroxylation is 1. The smallest absolute Gasteiger partial charge is 0.126 e. The summed E-state index contributed by atoms with van der Waals surface area (Å²) in [5.74, 6) is -0.141. The number of aliphatic imine (C=N–C) groups is 1. The van der Waals surface area contributed by atoms with Crippen LogP contribution < -0.4 is 0 Å². The lowest BCUT2D eigenvalue weighted by atomic mass is 9.99. The molecule has 0 aliphatic rings. The number of fused-ring (bicyclic) bond motifs is 1. The molecule has 0 fully saturated rings. The number of halogens is 1. The lowest BCUT2D eigenvalue weighted by Crippen LogP contribution is -1.99. The molecule has 1 heterocycles. The third-order valence-electron chi connectivity index (χ3n) is 6.12. The SMILES string of the molecule is CCc1ccc2[nH]cc(CCN=C(C)c3ccc(Cc4cccc(F)c4C)cc3)c2c1. The van der Waals surface area contributed by atoms with E-state index in [2.05, 4.69) is 67.5 Å². The van der Waals surface area contributed by atoms with Gasteiger partial charge >= 0.3 is 0 Å². The van der Waals surface area contributed by atoms with Crippen LogP contribution in [-0.2, 0) is 19.3 Å². The van der Waals surface area contributed by atoms with Crippen LogP contribution in [0.4, 0.5) is 4.39 Å². The summed E-state index contributed by atoms with van der Waals surface area (Å²) < 4.78 is 13.8. The van der Waals surface area contributed by atoms with E-state index in [1.54, 1.807) is 6.07 Å². The van der Waals surface area contributed by atoms with Crippen LogP contribution in [0.1, 0.15) is 47.2 Å². The average Bonchev–Trinajstić information content (AvgIpc) is 3.19. The highest BCUT2D eigenvalue weighted by Gasteiger charge is 2.06. The van der Waals surface area contributed by atoms with E-state index in [-0.39, 0.29) is 5.82 Å². The van der Waals surface area contributed by atoms with Gasteiger partial charge in [0.15, 0.2) is 0 Å². The second-order valence-corrected chi connectivity index (χ2v) is 8.16. The standard InChI is InChI=1S/C28H29FN2/c1-4-21-10-13-28-26(17-21)25(18-31-28)14-15-30-20(3)23-11-8-22(9-12-23)16-24-6-5-7-27(29)19(24)2/h5-13,17-18,31H,4,14-16H2,1-3H3. The predicted molar refractivity (Wildman–Crippen MR) is 129 cm³/mol. The Morgan fingerprint density at radius 3 is 2.52 bits per heavy atom. The molecule has 1 aromatic heterocycles. The van der Waals surface area contributed by atoms with Crippen LogP contribution in [0.15, 0.2) is 71.9 Å². The molecule has 2 nitrogen and oxygen atoms in total. The molecular weight excluding hydrogens is 383 g/mol. The van der Waals surface area contributed by atoms with Gasteiger partial charge in [-0.25, -0.2) is 4.39 Å². The van der Waals surface area contributed by atoms with Crippen LogP contribution in [0, 0.1) is 12.7 Å². The van der Waals surface area contributed by atoms with Crippen LogP contribution in [0.25, 0.3) is 10.9 Å². The van der Waals surface area contributed by atoms with E-state index in [4.69, 9.17) is 4.99 Å². The monoisotopic (exact) mass is 412 g/mol. The average molecular weight is 413 g/mol. The van der Waals surface area contributed by atoms with Gasteiger partial charge in [0.1, 0.15) is 5.82 Å². The zero-order valence-corrected chi connectivity index (χ0v) is 18.5. The predicted octanol–water partition coefficient (Wildman–Crippen LogP) is 6.82. The van der Waals surface area contributed by atoms with Gasteiger partial charge < -0.3 is 4.98 Å². The van der Waals surface area contributed by atoms with Crippen LogP contribution in [-0.4, -0.2) is 17.2 Å². The zero-order chi connectivity index (χ0) is 21.8. The van der Waals surface area contributed by atoms with Gasteiger partial charge in [0, 0.05) is 29.4 Å². The Kier molecular flexibility index (Phi) is 6.31. The third kappa shape index (κ3) is 4.77. The third-order valence-corrected chi connectivity index (χ3v) is 6.12. The van der Waals surface area contributed by atoms with E-state index in [0.29, 0.717) is 0 Å². The van der Waals surface area contributed by atoms with Gasteiger partial charge in [-0.1, -0.05) is 49.4 Å². The summed E-state index contributed by atoms with van der Waals surface area (Å²) in [6.07, 6.45) is 4.81. The number of benzene rings is 3. The van der Waals surface area contributed by atoms with Crippen molar-refractivity contribution in [1.82, 2.24) is 4.98 Å². The van der Waals surface area contributed by atoms with E-state index >= 15 is 0 Å². The van der Waals surface area contributed by atoms with Crippen molar-refractivity contribution < 1.29 is 4.39 Å². The Morgan fingerprint density at radius 2 is 1.74 bits per heavy atom. The van der Waals surface area contributed by atoms with Gasteiger partial charge in [0.05, 0.1) is 0 Å². The molecule has 1 N–H and O–H groups in total. The number of H-pyrrole nitrogens is 1. The first-order valence-electron chi connectivity index (χ1n) is 11.0. The summed E-state index contributed by atoms with van der Waals surface area (Å²) in [6, 6.07) is 20.4. The summed E-state index contributed by atoms with van der Waals surface area (Å²) in [5.41, 5.74) is 8.99. The Labute approximate surface area is 183 Å². The van der Waals surface area contributed by atoms with Crippen molar-refractivity contribution in [2.75, 3.05) is 6.54 Å². The Morgan fingerprint density at radius 1 is 0.968 bits per heavy atom. The van der Waals surface area contributed by atoms with Crippen LogP contribution in [0.2, 0.25) is 0 Å². The minimum atomic E-state index is -0.141. The molecule has 4 aromatic rings. The van der Waals surface area contributed by atoms with Gasteiger partial charge in [-0.2, -0.15) is 0 Å². The molecule has 0 aliphatic heterocycles. The van der Waals surface area contributed by atoms with Crippen LogP contribution >= 0.6 is 0 Å². The summed E-state index contributed by atoms with van der Waals surface area (Å²) in [7, 11) is 0. The van der Waals surface area contributed by atoms with Gasteiger partial charge in [-0.05, 0) is 84.7 Å². The quantitative estimate of drug-likeness (QED) is 0.323. The molecule has 0 spiro atoms. The molecule has 0 amide bonds. The molecule has 4 rings (SSSR count). The van der Waals surface area contributed by atoms with Crippen molar-refractivity contribution in [3.8, 4) is 0 Å². The number of aromatic amines is 1. The summed E-state index contributed by atoms with van der Waals surface area (Å²) in [4.78, 5) is 8.18. The molecule has 158 valence electrons. The molecule has 0 unspecified atom stereocenters. The normalized spacial score (nSPS) is 11.9. The molecule has 0 aliphatic carbocycles. The van der Waals surface area contributed by atoms with E-state index in [1.165, 1.54) is 33.7 Å². The number of aromatic nitrogens is 1. The second-order valence-electron chi connectivity index (χ2n) is 8.16. The fraction of sp³-hybridized carbons (Fsp3) is 0.250. The maximum absolute atomic E-state index is 13.8. The largest absolute Gasteiger partial charge is 0.361 e. The van der Waals surface area contributed by atoms with Gasteiger partial charge in [0.25, 0.3) is 0 Å². The van der Waals surface area contributed by atoms with E-state index in [9.17, 15) is 4.39 Å². The highest BCUT2D eigenvalue weighted by molar-refractivity contribution is 5.98. The van der Waals surface area contributed by atoms with Gasteiger partial charge in [0.2, 0.25) is 0 Å². The molecule has 3 heteroatoms. The number of rotatable bonds is 7. The molecule has 0 bridgehead atoms. The summed E-state index contributed by atoms with van der Waals surface area (Å²) in [6.45, 7) is 6.86. The first-order valence-corrected chi connectivity index (χ1v) is 11.0. The topological polar surface area (TPSA) is 28.1 Å². The maximum atomic E-state index is 13.8. The summed E-state index contributed by atoms with van der Waals surface area (Å²) >= 11 is 0. The fourth-order valence-corrected chi connectivity index (χ4v) is 4.02. The molecule has 31 heavy (non-hydrogen) atoms. The van der Waals surface area contributed by atoms with E-state index < -0.39 is 0 Å². The first-order chi connectivity index (χ1) is 15.0. The molecule has 0 atom stereocenters. The molecule has 3 aromatic carbocycles. The lowest BCUT2D eigenvalue weighted by Gasteiger charge is -2.08. The highest BCUT2D eigenvalue weighted by atomic mass is 19.1. The second kappa shape index (κ2) is 9.30. The molecule has 0 saturated carbocycles. The number of nitrogens with zero attached hydrogens (tertiary/aromatic N) is 1. The van der Waals surface area contributed by atoms with Crippen LogP contribution in [0.5, 0.6) is 0 Å². The van der Waals surface area contributed by atoms with E-state index in [0.717, 1.165) is 48.2 Å². The van der Waals surface area contributed by atoms with Crippen molar-refractivity contribution in [3.05, 3.63) is 106 Å². The zero-order valence-electron chi connectivity index (χ0n) is 18.5. The maximum Gasteiger partial charge on any atom is 0.126 e. The van der Waals surface area contributed by atoms with Crippen molar-refractivity contribution in [1.29, 1.82) is 0 Å². The van der Waals surface area contributed by atoms with Crippen molar-refractivity contribution in [2.24, 2.45) is 4.99 Å². The Balaban J connectivity index is 1.41. The minimum absolute atomic E-state index is 0.141. The van der Waals surface area contributed by atoms with Crippen LogP contribution in [0.3, 0.4) is 0 Å². The minimum Gasteiger partial charge on any atom is -0.361 e. The molecule has 0 saturated heterocycles. The Bertz CT molecular complexity index is 1220. The summed E-state index contributed by atoms with van der Waals surface area (Å²) in [5, 5.41) is 1.31. The highest BCUT2D eigenvalue weighted by Crippen LogP contribution is 2.21. The Hall–Kier alpha value is -3.20. The fourth-order valence-electron chi connectivity index (χ4n) is 4.02. The van der Waals surface area contributed by atoms with Crippen molar-refractivity contribution in [2.45, 2.75) is 40.0 Å². The lowest BCUT2D eigenvalue weighted by molar-refractivity contribution is 0.616. The van der Waals surface area contributed by atoms with Crippen molar-refractivity contribution in [3.63, 3.8) is 0 Å².